The molecule has 0 amide bonds. The minimum Gasteiger partial charge on any atom is -0.494 e. The number of hydrogen-bond donors (Lipinski definition) is 0. The lowest BCUT2D eigenvalue weighted by atomic mass is 10.1. The molecule has 1 heterocycles. The lowest BCUT2D eigenvalue weighted by Gasteiger charge is -2.19. The Bertz CT molecular complexity index is 1440. The fraction of sp³-hybridized carbons (Fsp3) is 0.120. The smallest absolute Gasteiger partial charge is 0.432 e. The highest BCUT2D eigenvalue weighted by molar-refractivity contribution is 7.19. The van der Waals surface area contributed by atoms with Crippen molar-refractivity contribution in [3.63, 3.8) is 0 Å². The van der Waals surface area contributed by atoms with Crippen molar-refractivity contribution in [3.05, 3.63) is 93.6 Å². The van der Waals surface area contributed by atoms with Crippen LogP contribution in [0.1, 0.15) is 22.9 Å². The molecule has 180 valence electrons. The van der Waals surface area contributed by atoms with Crippen molar-refractivity contribution in [1.29, 1.82) is 0 Å². The largest absolute Gasteiger partial charge is 0.494 e. The minimum atomic E-state index is -4.67. The number of hydrogen-bond acceptors (Lipinski definition) is 3. The van der Waals surface area contributed by atoms with E-state index in [0.29, 0.717) is 29.4 Å². The van der Waals surface area contributed by atoms with Gasteiger partial charge in [0.05, 0.1) is 11.5 Å². The Balaban J connectivity index is 1.61. The fourth-order valence-electron chi connectivity index (χ4n) is 3.18. The fourth-order valence-corrected chi connectivity index (χ4v) is 4.12. The Morgan fingerprint density at radius 1 is 0.800 bits per heavy atom. The topological polar surface area (TPSA) is 18.5 Å². The molecule has 1 aromatic heterocycles. The molecule has 0 bridgehead atoms. The summed E-state index contributed by atoms with van der Waals surface area (Å²) in [6, 6.07) is 8.61. The molecule has 0 saturated heterocycles. The maximum Gasteiger partial charge on any atom is 0.432 e. The molecule has 2 nitrogen and oxygen atoms in total. The van der Waals surface area contributed by atoms with Gasteiger partial charge in [0.2, 0.25) is 0 Å². The molecule has 10 heteroatoms. The quantitative estimate of drug-likeness (QED) is 0.157. The first-order chi connectivity index (χ1) is 16.6. The van der Waals surface area contributed by atoms with Gasteiger partial charge in [0, 0.05) is 22.4 Å². The Morgan fingerprint density at radius 3 is 2.09 bits per heavy atom. The van der Waals surface area contributed by atoms with Crippen molar-refractivity contribution >= 4 is 21.4 Å². The molecule has 0 N–H and O–H groups in total. The summed E-state index contributed by atoms with van der Waals surface area (Å²) in [6.07, 6.45) is -4.67. The van der Waals surface area contributed by atoms with E-state index in [2.05, 4.69) is 16.6 Å². The molecular weight excluding hydrogens is 497 g/mol. The van der Waals surface area contributed by atoms with Crippen molar-refractivity contribution in [2.24, 2.45) is 0 Å². The van der Waals surface area contributed by atoms with Gasteiger partial charge in [0.1, 0.15) is 28.7 Å². The Morgan fingerprint density at radius 2 is 1.46 bits per heavy atom. The number of alkyl halides is 2. The number of thiophene rings is 1. The van der Waals surface area contributed by atoms with Crippen LogP contribution < -0.4 is 9.47 Å². The highest BCUT2D eigenvalue weighted by Gasteiger charge is 2.41. The predicted octanol–water partition coefficient (Wildman–Crippen LogP) is 7.52. The maximum atomic E-state index is 14.5. The van der Waals surface area contributed by atoms with Gasteiger partial charge < -0.3 is 9.47 Å². The number of ether oxygens (including phenoxy) is 2. The van der Waals surface area contributed by atoms with E-state index < -0.39 is 46.5 Å². The first-order valence-electron chi connectivity index (χ1n) is 9.96. The van der Waals surface area contributed by atoms with Crippen molar-refractivity contribution in [3.8, 4) is 23.3 Å². The van der Waals surface area contributed by atoms with Crippen LogP contribution in [0.25, 0.3) is 10.1 Å². The van der Waals surface area contributed by atoms with Crippen molar-refractivity contribution < 1.29 is 40.2 Å². The third-order valence-corrected chi connectivity index (χ3v) is 5.68. The van der Waals surface area contributed by atoms with Crippen LogP contribution in [0.15, 0.2) is 48.5 Å². The highest BCUT2D eigenvalue weighted by Crippen LogP contribution is 2.36. The van der Waals surface area contributed by atoms with E-state index in [4.69, 9.17) is 4.74 Å². The van der Waals surface area contributed by atoms with Crippen molar-refractivity contribution in [1.82, 2.24) is 0 Å². The van der Waals surface area contributed by atoms with E-state index in [-0.39, 0.29) is 17.7 Å². The van der Waals surface area contributed by atoms with Crippen LogP contribution in [0.5, 0.6) is 11.5 Å². The van der Waals surface area contributed by atoms with Gasteiger partial charge in [0.15, 0.2) is 17.5 Å². The van der Waals surface area contributed by atoms with Crippen molar-refractivity contribution in [2.45, 2.75) is 13.0 Å². The maximum absolute atomic E-state index is 14.5. The summed E-state index contributed by atoms with van der Waals surface area (Å²) in [6.45, 7) is 2.35. The highest BCUT2D eigenvalue weighted by atomic mass is 32.1. The second-order valence-electron chi connectivity index (χ2n) is 7.13. The molecule has 4 rings (SSSR count). The van der Waals surface area contributed by atoms with E-state index in [0.717, 1.165) is 10.1 Å². The summed E-state index contributed by atoms with van der Waals surface area (Å²) >= 11 is 1.31. The van der Waals surface area contributed by atoms with Crippen LogP contribution in [-0.2, 0) is 6.11 Å². The van der Waals surface area contributed by atoms with Gasteiger partial charge in [-0.3, -0.25) is 0 Å². The summed E-state index contributed by atoms with van der Waals surface area (Å²) in [7, 11) is 0. The SMILES string of the molecule is CCOc1ccc2cc(C#Cc3cc(F)c(C(F)(F)Oc4cc(F)c(F)c(F)c4)c(F)c3)sc2c1. The van der Waals surface area contributed by atoms with Gasteiger partial charge in [-0.2, -0.15) is 8.78 Å². The zero-order chi connectivity index (χ0) is 25.3. The molecule has 0 unspecified atom stereocenters. The van der Waals surface area contributed by atoms with Gasteiger partial charge in [-0.25, -0.2) is 22.0 Å². The molecule has 0 atom stereocenters. The van der Waals surface area contributed by atoms with Crippen LogP contribution in [-0.4, -0.2) is 6.61 Å². The lowest BCUT2D eigenvalue weighted by Crippen LogP contribution is -2.25. The van der Waals surface area contributed by atoms with Crippen molar-refractivity contribution in [2.75, 3.05) is 6.61 Å². The Hall–Kier alpha value is -3.71. The van der Waals surface area contributed by atoms with Gasteiger partial charge in [-0.05, 0) is 48.7 Å². The minimum absolute atomic E-state index is 0.129. The normalized spacial score (nSPS) is 11.3. The van der Waals surface area contributed by atoms with Crippen LogP contribution in [0, 0.1) is 40.9 Å². The Kier molecular flexibility index (Phi) is 6.63. The molecule has 35 heavy (non-hydrogen) atoms. The molecule has 3 aromatic carbocycles. The first-order valence-corrected chi connectivity index (χ1v) is 10.8. The van der Waals surface area contributed by atoms with E-state index >= 15 is 0 Å². The summed E-state index contributed by atoms with van der Waals surface area (Å²) in [5.74, 6) is -4.15. The third-order valence-electron chi connectivity index (χ3n) is 4.67. The van der Waals surface area contributed by atoms with E-state index in [1.165, 1.54) is 11.3 Å². The first kappa shape index (κ1) is 24.4. The number of halogens is 7. The predicted molar refractivity (Wildman–Crippen MR) is 116 cm³/mol. The molecule has 0 aliphatic rings. The van der Waals surface area contributed by atoms with Crippen LogP contribution in [0.3, 0.4) is 0 Å². The standard InChI is InChI=1S/C25H13F7O2S/c1-2-33-15-5-4-14-9-17(35-22(14)12-15)6-3-13-7-18(26)23(19(27)8-13)25(31,32)34-16-10-20(28)24(30)21(29)11-16/h4-5,7-12H,2H2,1H3. The van der Waals surface area contributed by atoms with Gasteiger partial charge >= 0.3 is 6.11 Å². The summed E-state index contributed by atoms with van der Waals surface area (Å²) < 4.78 is 108. The van der Waals surface area contributed by atoms with Crippen LogP contribution in [0.2, 0.25) is 0 Å². The zero-order valence-electron chi connectivity index (χ0n) is 17.7. The summed E-state index contributed by atoms with van der Waals surface area (Å²) in [4.78, 5) is 0.563. The molecule has 0 saturated carbocycles. The molecule has 0 aliphatic carbocycles. The van der Waals surface area contributed by atoms with E-state index in [9.17, 15) is 30.7 Å². The van der Waals surface area contributed by atoms with Crippen LogP contribution >= 0.6 is 11.3 Å². The van der Waals surface area contributed by atoms with Gasteiger partial charge in [-0.15, -0.1) is 11.3 Å². The second-order valence-corrected chi connectivity index (χ2v) is 8.21. The van der Waals surface area contributed by atoms with Gasteiger partial charge in [-0.1, -0.05) is 11.8 Å². The Labute approximate surface area is 198 Å². The number of fused-ring (bicyclic) bond motifs is 1. The van der Waals surface area contributed by atoms with E-state index in [1.54, 1.807) is 12.1 Å². The zero-order valence-corrected chi connectivity index (χ0v) is 18.5. The average Bonchev–Trinajstić information content (AvgIpc) is 3.17. The molecule has 0 aliphatic heterocycles. The molecule has 4 aromatic rings. The summed E-state index contributed by atoms with van der Waals surface area (Å²) in [5, 5.41) is 0.876. The third kappa shape index (κ3) is 5.20. The molecular formula is C25H13F7O2S. The average molecular weight is 510 g/mol. The van der Waals surface area contributed by atoms with Crippen LogP contribution in [0.4, 0.5) is 30.7 Å². The van der Waals surface area contributed by atoms with Gasteiger partial charge in [0.25, 0.3) is 0 Å². The number of benzene rings is 3. The monoisotopic (exact) mass is 510 g/mol. The summed E-state index contributed by atoms with van der Waals surface area (Å²) in [5.41, 5.74) is -2.02. The second kappa shape index (κ2) is 9.50. The van der Waals surface area contributed by atoms with E-state index in [1.807, 2.05) is 19.1 Å². The lowest BCUT2D eigenvalue weighted by molar-refractivity contribution is -0.189. The molecule has 0 fully saturated rings. The molecule has 0 spiro atoms. The number of rotatable bonds is 5. The molecule has 0 radical (unpaired) electrons.